The molecular weight excluding hydrogens is 428 g/mol. The van der Waals surface area contributed by atoms with Crippen molar-refractivity contribution < 1.29 is 14.3 Å². The fraction of sp³-hybridized carbons (Fsp3) is 0.130. The smallest absolute Gasteiger partial charge is 0.287 e. The molecule has 1 aliphatic rings. The van der Waals surface area contributed by atoms with E-state index in [1.54, 1.807) is 18.2 Å². The Hall–Kier alpha value is -3.98. The number of ether oxygens (including phenoxy) is 1. The van der Waals surface area contributed by atoms with Crippen molar-refractivity contribution in [1.29, 1.82) is 0 Å². The number of nitrogens with zero attached hydrogens (tertiary/aromatic N) is 1. The summed E-state index contributed by atoms with van der Waals surface area (Å²) in [4.78, 5) is 45.1. The molecule has 0 spiro atoms. The summed E-state index contributed by atoms with van der Waals surface area (Å²) in [5.41, 5.74) is 2.13. The molecule has 0 bridgehead atoms. The molecular formula is C23H18N4O4S. The van der Waals surface area contributed by atoms with Crippen molar-refractivity contribution >= 4 is 39.1 Å². The zero-order valence-electron chi connectivity index (χ0n) is 16.8. The minimum Gasteiger partial charge on any atom is -0.482 e. The molecule has 5 rings (SSSR count). The second kappa shape index (κ2) is 8.27. The predicted molar refractivity (Wildman–Crippen MR) is 121 cm³/mol. The first kappa shape index (κ1) is 20.0. The van der Waals surface area contributed by atoms with E-state index in [0.717, 1.165) is 16.0 Å². The molecule has 8 nitrogen and oxygen atoms in total. The molecule has 9 heteroatoms. The molecule has 2 aromatic carbocycles. The van der Waals surface area contributed by atoms with Crippen LogP contribution in [0.3, 0.4) is 0 Å². The SMILES string of the molecule is O=C1COc2ccc(CNC(=O)c3nc4sc(Cc5ccccc5)cc4c(=O)[nH]3)cc2N1. The van der Waals surface area contributed by atoms with Crippen LogP contribution < -0.4 is 20.9 Å². The number of rotatable bonds is 5. The lowest BCUT2D eigenvalue weighted by atomic mass is 10.1. The topological polar surface area (TPSA) is 113 Å². The van der Waals surface area contributed by atoms with Crippen molar-refractivity contribution in [3.8, 4) is 5.75 Å². The monoisotopic (exact) mass is 446 g/mol. The summed E-state index contributed by atoms with van der Waals surface area (Å²) in [5.74, 6) is -0.165. The van der Waals surface area contributed by atoms with Crippen LogP contribution in [0, 0.1) is 0 Å². The van der Waals surface area contributed by atoms with Gasteiger partial charge in [0.2, 0.25) is 5.82 Å². The van der Waals surface area contributed by atoms with Crippen LogP contribution in [0.1, 0.15) is 26.6 Å². The average Bonchev–Trinajstić information content (AvgIpc) is 3.20. The summed E-state index contributed by atoms with van der Waals surface area (Å²) in [6.45, 7) is 0.188. The highest BCUT2D eigenvalue weighted by molar-refractivity contribution is 7.18. The van der Waals surface area contributed by atoms with Gasteiger partial charge in [-0.05, 0) is 29.3 Å². The van der Waals surface area contributed by atoms with Gasteiger partial charge in [-0.1, -0.05) is 36.4 Å². The van der Waals surface area contributed by atoms with Crippen molar-refractivity contribution in [2.24, 2.45) is 0 Å². The highest BCUT2D eigenvalue weighted by Crippen LogP contribution is 2.28. The van der Waals surface area contributed by atoms with Gasteiger partial charge in [0.25, 0.3) is 17.4 Å². The van der Waals surface area contributed by atoms with E-state index < -0.39 is 5.91 Å². The summed E-state index contributed by atoms with van der Waals surface area (Å²) in [7, 11) is 0. The first-order valence-electron chi connectivity index (χ1n) is 9.95. The van der Waals surface area contributed by atoms with Crippen molar-refractivity contribution in [3.05, 3.63) is 86.8 Å². The van der Waals surface area contributed by atoms with Gasteiger partial charge in [-0.2, -0.15) is 0 Å². The van der Waals surface area contributed by atoms with E-state index in [9.17, 15) is 14.4 Å². The van der Waals surface area contributed by atoms with Gasteiger partial charge in [0.15, 0.2) is 6.61 Å². The molecule has 4 aromatic rings. The highest BCUT2D eigenvalue weighted by atomic mass is 32.1. The van der Waals surface area contributed by atoms with E-state index >= 15 is 0 Å². The van der Waals surface area contributed by atoms with Crippen molar-refractivity contribution in [3.63, 3.8) is 0 Å². The van der Waals surface area contributed by atoms with Gasteiger partial charge in [0.1, 0.15) is 10.6 Å². The third-order valence-corrected chi connectivity index (χ3v) is 6.05. The number of aromatic nitrogens is 2. The Balaban J connectivity index is 1.32. The number of hydrogen-bond acceptors (Lipinski definition) is 6. The Morgan fingerprint density at radius 1 is 1.09 bits per heavy atom. The summed E-state index contributed by atoms with van der Waals surface area (Å²) in [5, 5.41) is 5.96. The molecule has 32 heavy (non-hydrogen) atoms. The Bertz CT molecular complexity index is 1390. The van der Waals surface area contributed by atoms with E-state index in [-0.39, 0.29) is 30.4 Å². The largest absolute Gasteiger partial charge is 0.482 e. The normalized spacial score (nSPS) is 12.7. The van der Waals surface area contributed by atoms with Crippen LogP contribution in [0.4, 0.5) is 5.69 Å². The number of thiophene rings is 1. The number of aromatic amines is 1. The molecule has 0 atom stereocenters. The van der Waals surface area contributed by atoms with E-state index in [2.05, 4.69) is 20.6 Å². The number of fused-ring (bicyclic) bond motifs is 2. The molecule has 0 fully saturated rings. The quantitative estimate of drug-likeness (QED) is 0.436. The van der Waals surface area contributed by atoms with Crippen molar-refractivity contribution in [1.82, 2.24) is 15.3 Å². The molecule has 0 aliphatic carbocycles. The zero-order valence-corrected chi connectivity index (χ0v) is 17.6. The van der Waals surface area contributed by atoms with E-state index in [1.165, 1.54) is 11.3 Å². The molecule has 0 unspecified atom stereocenters. The van der Waals surface area contributed by atoms with Crippen LogP contribution in [-0.4, -0.2) is 28.4 Å². The maximum absolute atomic E-state index is 12.6. The molecule has 0 saturated heterocycles. The van der Waals surface area contributed by atoms with E-state index in [0.29, 0.717) is 28.1 Å². The van der Waals surface area contributed by atoms with Crippen LogP contribution >= 0.6 is 11.3 Å². The van der Waals surface area contributed by atoms with Crippen LogP contribution in [0.2, 0.25) is 0 Å². The summed E-state index contributed by atoms with van der Waals surface area (Å²) in [6.07, 6.45) is 0.696. The molecule has 2 amide bonds. The van der Waals surface area contributed by atoms with Crippen LogP contribution in [0.5, 0.6) is 5.75 Å². The molecule has 3 N–H and O–H groups in total. The number of carbonyl (C=O) groups excluding carboxylic acids is 2. The van der Waals surface area contributed by atoms with Gasteiger partial charge in [-0.25, -0.2) is 4.98 Å². The Morgan fingerprint density at radius 3 is 2.78 bits per heavy atom. The van der Waals surface area contributed by atoms with Crippen LogP contribution in [0.25, 0.3) is 10.2 Å². The highest BCUT2D eigenvalue weighted by Gasteiger charge is 2.17. The maximum Gasteiger partial charge on any atom is 0.287 e. The minimum atomic E-state index is -0.486. The molecule has 0 saturated carbocycles. The van der Waals surface area contributed by atoms with Gasteiger partial charge in [-0.15, -0.1) is 11.3 Å². The number of nitrogens with one attached hydrogen (secondary N) is 3. The fourth-order valence-electron chi connectivity index (χ4n) is 3.48. The molecule has 160 valence electrons. The number of benzene rings is 2. The Morgan fingerprint density at radius 2 is 1.94 bits per heavy atom. The Kier molecular flexibility index (Phi) is 5.16. The van der Waals surface area contributed by atoms with E-state index in [1.807, 2.05) is 36.4 Å². The minimum absolute atomic E-state index is 0.0135. The second-order valence-corrected chi connectivity index (χ2v) is 8.47. The van der Waals surface area contributed by atoms with Gasteiger partial charge < -0.3 is 20.4 Å². The van der Waals surface area contributed by atoms with Crippen molar-refractivity contribution in [2.45, 2.75) is 13.0 Å². The molecule has 2 aromatic heterocycles. The first-order valence-corrected chi connectivity index (χ1v) is 10.8. The first-order chi connectivity index (χ1) is 15.5. The third kappa shape index (κ3) is 4.10. The van der Waals surface area contributed by atoms with E-state index in [4.69, 9.17) is 4.74 Å². The van der Waals surface area contributed by atoms with Crippen LogP contribution in [-0.2, 0) is 17.8 Å². The number of H-pyrrole nitrogens is 1. The lowest BCUT2D eigenvalue weighted by Crippen LogP contribution is -2.28. The molecule has 3 heterocycles. The average molecular weight is 446 g/mol. The van der Waals surface area contributed by atoms with Gasteiger partial charge in [0, 0.05) is 17.8 Å². The van der Waals surface area contributed by atoms with Gasteiger partial charge in [0.05, 0.1) is 11.1 Å². The summed E-state index contributed by atoms with van der Waals surface area (Å²) >= 11 is 1.40. The van der Waals surface area contributed by atoms with Crippen LogP contribution in [0.15, 0.2) is 59.4 Å². The Labute approximate surface area is 186 Å². The number of amides is 2. The number of anilines is 1. The summed E-state index contributed by atoms with van der Waals surface area (Å²) in [6, 6.07) is 17.1. The number of carbonyl (C=O) groups is 2. The predicted octanol–water partition coefficient (Wildman–Crippen LogP) is 2.84. The second-order valence-electron chi connectivity index (χ2n) is 7.36. The molecule has 1 aliphatic heterocycles. The summed E-state index contributed by atoms with van der Waals surface area (Å²) < 4.78 is 5.33. The standard InChI is InChI=1S/C23H18N4O4S/c28-19-12-31-18-7-6-14(9-17(18)25-19)11-24-22(30)20-26-21(29)16-10-15(32-23(16)27-20)8-13-4-2-1-3-5-13/h1-7,9-10H,8,11-12H2,(H,24,30)(H,25,28)(H,26,27,29). The van der Waals surface area contributed by atoms with Gasteiger partial charge >= 0.3 is 0 Å². The fourth-order valence-corrected chi connectivity index (χ4v) is 4.54. The lowest BCUT2D eigenvalue weighted by molar-refractivity contribution is -0.118. The lowest BCUT2D eigenvalue weighted by Gasteiger charge is -2.18. The zero-order chi connectivity index (χ0) is 22.1. The van der Waals surface area contributed by atoms with Gasteiger partial charge in [-0.3, -0.25) is 14.4 Å². The molecule has 0 radical (unpaired) electrons. The maximum atomic E-state index is 12.6. The van der Waals surface area contributed by atoms with Crippen molar-refractivity contribution in [2.75, 3.05) is 11.9 Å². The third-order valence-electron chi connectivity index (χ3n) is 5.02. The number of hydrogen-bond donors (Lipinski definition) is 3.